The topological polar surface area (TPSA) is 94.9 Å². The zero-order chi connectivity index (χ0) is 17.8. The van der Waals surface area contributed by atoms with Crippen molar-refractivity contribution in [3.63, 3.8) is 0 Å². The Morgan fingerprint density at radius 2 is 2.28 bits per heavy atom. The predicted molar refractivity (Wildman–Crippen MR) is 95.2 cm³/mol. The van der Waals surface area contributed by atoms with Gasteiger partial charge in [-0.15, -0.1) is 0 Å². The van der Waals surface area contributed by atoms with Crippen LogP contribution in [0.5, 0.6) is 0 Å². The van der Waals surface area contributed by atoms with Crippen LogP contribution in [0.25, 0.3) is 0 Å². The molecule has 0 amide bonds. The van der Waals surface area contributed by atoms with Crippen LogP contribution in [-0.2, 0) is 4.74 Å². The van der Waals surface area contributed by atoms with Crippen molar-refractivity contribution in [3.05, 3.63) is 46.3 Å². The Morgan fingerprint density at radius 1 is 1.44 bits per heavy atom. The highest BCUT2D eigenvalue weighted by molar-refractivity contribution is 6.00. The Bertz CT molecular complexity index is 821. The van der Waals surface area contributed by atoms with E-state index < -0.39 is 4.92 Å². The number of benzene rings is 1. The molecule has 0 bridgehead atoms. The van der Waals surface area contributed by atoms with Crippen LogP contribution in [0.3, 0.4) is 0 Å². The predicted octanol–water partition coefficient (Wildman–Crippen LogP) is 3.96. The summed E-state index contributed by atoms with van der Waals surface area (Å²) >= 11 is 0. The fourth-order valence-corrected chi connectivity index (χ4v) is 2.71. The molecule has 3 rings (SSSR count). The fourth-order valence-electron chi connectivity index (χ4n) is 2.71. The quantitative estimate of drug-likeness (QED) is 0.467. The number of non-ortho nitro benzene ring substituents is 1. The summed E-state index contributed by atoms with van der Waals surface area (Å²) in [6.45, 7) is 6.06. The minimum Gasteiger partial charge on any atom is -0.357 e. The number of aliphatic imine (C=N–C) groups is 2. The van der Waals surface area contributed by atoms with Crippen molar-refractivity contribution in [2.75, 3.05) is 6.61 Å². The van der Waals surface area contributed by atoms with E-state index in [9.17, 15) is 10.1 Å². The number of nitro groups is 1. The Kier molecular flexibility index (Phi) is 4.99. The highest BCUT2D eigenvalue weighted by Crippen LogP contribution is 2.32. The minimum absolute atomic E-state index is 0.0368. The molecule has 25 heavy (non-hydrogen) atoms. The molecule has 1 unspecified atom stereocenters. The van der Waals surface area contributed by atoms with Gasteiger partial charge in [-0.2, -0.15) is 5.10 Å². The zero-order valence-corrected chi connectivity index (χ0v) is 14.0. The van der Waals surface area contributed by atoms with Gasteiger partial charge in [-0.1, -0.05) is 0 Å². The molecule has 0 spiro atoms. The van der Waals surface area contributed by atoms with Gasteiger partial charge in [0.25, 0.3) is 5.69 Å². The van der Waals surface area contributed by atoms with Crippen LogP contribution in [0, 0.1) is 10.1 Å². The molecule has 8 heteroatoms. The highest BCUT2D eigenvalue weighted by Gasteiger charge is 2.17. The van der Waals surface area contributed by atoms with Gasteiger partial charge in [-0.3, -0.25) is 20.1 Å². The third-order valence-electron chi connectivity index (χ3n) is 4.10. The summed E-state index contributed by atoms with van der Waals surface area (Å²) < 4.78 is 7.52. The monoisotopic (exact) mass is 341 g/mol. The van der Waals surface area contributed by atoms with E-state index >= 15 is 0 Å². The van der Waals surface area contributed by atoms with Gasteiger partial charge >= 0.3 is 0 Å². The van der Waals surface area contributed by atoms with Gasteiger partial charge in [0, 0.05) is 36.2 Å². The maximum Gasteiger partial charge on any atom is 0.271 e. The van der Waals surface area contributed by atoms with E-state index in [0.717, 1.165) is 31.4 Å². The van der Waals surface area contributed by atoms with E-state index in [1.807, 2.05) is 13.1 Å². The molecule has 0 aliphatic carbocycles. The molecule has 0 N–H and O–H groups in total. The molecule has 2 heterocycles. The second-order valence-corrected chi connectivity index (χ2v) is 5.82. The molecule has 8 nitrogen and oxygen atoms in total. The van der Waals surface area contributed by atoms with Gasteiger partial charge in [0.15, 0.2) is 0 Å². The van der Waals surface area contributed by atoms with Crippen molar-refractivity contribution in [2.24, 2.45) is 9.98 Å². The SMILES string of the molecule is C=Nc1ccc([N+](=O)[O-])cc1/N=C(\C)c1cnn(C2CCCCO2)c1. The van der Waals surface area contributed by atoms with Crippen LogP contribution >= 0.6 is 0 Å². The number of hydrogen-bond acceptors (Lipinski definition) is 6. The lowest BCUT2D eigenvalue weighted by Crippen LogP contribution is -2.18. The van der Waals surface area contributed by atoms with Crippen molar-refractivity contribution in [2.45, 2.75) is 32.4 Å². The summed E-state index contributed by atoms with van der Waals surface area (Å²) in [6, 6.07) is 4.32. The van der Waals surface area contributed by atoms with Crippen LogP contribution in [0.1, 0.15) is 38.0 Å². The Morgan fingerprint density at radius 3 is 2.96 bits per heavy atom. The summed E-state index contributed by atoms with van der Waals surface area (Å²) in [5.74, 6) is 0. The number of rotatable bonds is 5. The summed E-state index contributed by atoms with van der Waals surface area (Å²) in [6.07, 6.45) is 6.69. The van der Waals surface area contributed by atoms with Gasteiger partial charge in [0.2, 0.25) is 0 Å². The maximum atomic E-state index is 11.0. The second kappa shape index (κ2) is 7.35. The van der Waals surface area contributed by atoms with Crippen molar-refractivity contribution in [1.29, 1.82) is 0 Å². The zero-order valence-electron chi connectivity index (χ0n) is 14.0. The van der Waals surface area contributed by atoms with Crippen LogP contribution in [0.4, 0.5) is 17.1 Å². The number of nitrogens with zero attached hydrogens (tertiary/aromatic N) is 5. The molecule has 0 saturated carbocycles. The molecule has 1 saturated heterocycles. The van der Waals surface area contributed by atoms with E-state index in [1.165, 1.54) is 18.2 Å². The molecule has 1 aliphatic heterocycles. The standard InChI is InChI=1S/C17H19N5O3/c1-12(13-10-19-21(11-13)17-5-3-4-8-25-17)20-16-9-14(22(23)24)6-7-15(16)18-2/h6-7,9-11,17H,2-5,8H2,1H3/b20-12+. The molecule has 1 atom stereocenters. The first-order chi connectivity index (χ1) is 12.1. The second-order valence-electron chi connectivity index (χ2n) is 5.82. The van der Waals surface area contributed by atoms with E-state index in [4.69, 9.17) is 4.74 Å². The lowest BCUT2D eigenvalue weighted by molar-refractivity contribution is -0.384. The van der Waals surface area contributed by atoms with Crippen molar-refractivity contribution in [3.8, 4) is 0 Å². The van der Waals surface area contributed by atoms with Crippen LogP contribution in [0.15, 0.2) is 40.6 Å². The molecule has 1 aromatic carbocycles. The van der Waals surface area contributed by atoms with Crippen molar-refractivity contribution >= 4 is 29.5 Å². The smallest absolute Gasteiger partial charge is 0.271 e. The first kappa shape index (κ1) is 17.0. The van der Waals surface area contributed by atoms with Gasteiger partial charge in [0.05, 0.1) is 22.5 Å². The molecule has 1 aromatic heterocycles. The molecular formula is C17H19N5O3. The van der Waals surface area contributed by atoms with E-state index in [0.29, 0.717) is 17.1 Å². The van der Waals surface area contributed by atoms with Gasteiger partial charge < -0.3 is 4.74 Å². The highest BCUT2D eigenvalue weighted by atomic mass is 16.6. The third-order valence-corrected chi connectivity index (χ3v) is 4.10. The van der Waals surface area contributed by atoms with Crippen molar-refractivity contribution < 1.29 is 9.66 Å². The van der Waals surface area contributed by atoms with Crippen LogP contribution in [-0.4, -0.2) is 33.7 Å². The van der Waals surface area contributed by atoms with Crippen LogP contribution < -0.4 is 0 Å². The summed E-state index contributed by atoms with van der Waals surface area (Å²) in [7, 11) is 0. The third kappa shape index (κ3) is 3.80. The number of hydrogen-bond donors (Lipinski definition) is 0. The first-order valence-electron chi connectivity index (χ1n) is 8.05. The fraction of sp³-hybridized carbons (Fsp3) is 0.353. The van der Waals surface area contributed by atoms with E-state index in [2.05, 4.69) is 21.8 Å². The van der Waals surface area contributed by atoms with E-state index in [1.54, 1.807) is 10.9 Å². The van der Waals surface area contributed by atoms with Crippen LogP contribution in [0.2, 0.25) is 0 Å². The van der Waals surface area contributed by atoms with Crippen molar-refractivity contribution in [1.82, 2.24) is 9.78 Å². The van der Waals surface area contributed by atoms with E-state index in [-0.39, 0.29) is 11.9 Å². The Labute approximate surface area is 145 Å². The average Bonchev–Trinajstić information content (AvgIpc) is 3.12. The molecule has 1 fully saturated rings. The minimum atomic E-state index is -0.459. The first-order valence-corrected chi connectivity index (χ1v) is 8.05. The molecule has 2 aromatic rings. The van der Waals surface area contributed by atoms with Gasteiger partial charge in [0.1, 0.15) is 6.23 Å². The molecule has 1 aliphatic rings. The Hall–Kier alpha value is -2.87. The number of ether oxygens (including phenoxy) is 1. The summed E-state index contributed by atoms with van der Waals surface area (Å²) in [5, 5.41) is 15.3. The number of nitro benzene ring substituents is 1. The summed E-state index contributed by atoms with van der Waals surface area (Å²) in [4.78, 5) is 18.9. The molecule has 130 valence electrons. The lowest BCUT2D eigenvalue weighted by Gasteiger charge is -2.22. The average molecular weight is 341 g/mol. The van der Waals surface area contributed by atoms with Gasteiger partial charge in [-0.05, 0) is 39.0 Å². The maximum absolute atomic E-state index is 11.0. The van der Waals surface area contributed by atoms with Gasteiger partial charge in [-0.25, -0.2) is 4.68 Å². The largest absolute Gasteiger partial charge is 0.357 e. The molecular weight excluding hydrogens is 322 g/mol. The normalized spacial score (nSPS) is 18.1. The Balaban J connectivity index is 1.88. The lowest BCUT2D eigenvalue weighted by atomic mass is 10.2. The summed E-state index contributed by atoms with van der Waals surface area (Å²) in [5.41, 5.74) is 2.38. The number of aromatic nitrogens is 2. The molecule has 0 radical (unpaired) electrons.